The van der Waals surface area contributed by atoms with Gasteiger partial charge in [-0.3, -0.25) is 10.1 Å². The van der Waals surface area contributed by atoms with E-state index in [1.807, 2.05) is 6.92 Å². The van der Waals surface area contributed by atoms with Gasteiger partial charge in [0.1, 0.15) is 0 Å². The Hall–Kier alpha value is -1.62. The normalized spacial score (nSPS) is 24.7. The van der Waals surface area contributed by atoms with Crippen molar-refractivity contribution >= 4 is 11.4 Å². The van der Waals surface area contributed by atoms with E-state index in [1.54, 1.807) is 12.1 Å². The number of nitrogens with zero attached hydrogens (tertiary/aromatic N) is 2. The van der Waals surface area contributed by atoms with E-state index in [4.69, 9.17) is 0 Å². The van der Waals surface area contributed by atoms with Crippen LogP contribution in [0, 0.1) is 10.1 Å². The zero-order valence-electron chi connectivity index (χ0n) is 10.5. The number of nitro benzene ring substituents is 1. The van der Waals surface area contributed by atoms with Crippen molar-refractivity contribution in [1.29, 1.82) is 0 Å². The summed E-state index contributed by atoms with van der Waals surface area (Å²) < 4.78 is 0. The highest BCUT2D eigenvalue weighted by atomic mass is 16.6. The number of nitro groups is 1. The van der Waals surface area contributed by atoms with E-state index in [1.165, 1.54) is 12.1 Å². The maximum absolute atomic E-state index is 10.6. The number of hydrogen-bond acceptors (Lipinski definition) is 4. The molecular weight excluding hydrogens is 232 g/mol. The fourth-order valence-electron chi connectivity index (χ4n) is 2.31. The predicted octanol–water partition coefficient (Wildman–Crippen LogP) is 2.34. The molecule has 1 atom stereocenters. The van der Waals surface area contributed by atoms with Gasteiger partial charge >= 0.3 is 0 Å². The number of rotatable bonds is 2. The summed E-state index contributed by atoms with van der Waals surface area (Å²) in [5.41, 5.74) is 0.508. The Morgan fingerprint density at radius 2 is 1.94 bits per heavy atom. The molecule has 1 fully saturated rings. The van der Waals surface area contributed by atoms with E-state index in [9.17, 15) is 15.2 Å². The smallest absolute Gasteiger partial charge is 0.269 e. The maximum Gasteiger partial charge on any atom is 0.269 e. The van der Waals surface area contributed by atoms with Crippen molar-refractivity contribution in [3.8, 4) is 0 Å². The van der Waals surface area contributed by atoms with Gasteiger partial charge < -0.3 is 10.0 Å². The lowest BCUT2D eigenvalue weighted by Gasteiger charge is -2.24. The molecule has 0 bridgehead atoms. The minimum atomic E-state index is -0.588. The molecule has 5 heteroatoms. The van der Waals surface area contributed by atoms with Crippen LogP contribution in [0.15, 0.2) is 24.3 Å². The van der Waals surface area contributed by atoms with Crippen molar-refractivity contribution in [1.82, 2.24) is 0 Å². The van der Waals surface area contributed by atoms with Crippen LogP contribution in [0.2, 0.25) is 0 Å². The molecule has 1 N–H and O–H groups in total. The van der Waals surface area contributed by atoms with Crippen LogP contribution in [-0.2, 0) is 0 Å². The molecule has 1 aliphatic rings. The highest BCUT2D eigenvalue weighted by Crippen LogP contribution is 2.26. The topological polar surface area (TPSA) is 66.6 Å². The van der Waals surface area contributed by atoms with Crippen LogP contribution in [-0.4, -0.2) is 28.7 Å². The van der Waals surface area contributed by atoms with Crippen LogP contribution in [0.4, 0.5) is 11.4 Å². The lowest BCUT2D eigenvalue weighted by atomic mass is 9.98. The lowest BCUT2D eigenvalue weighted by Crippen LogP contribution is -2.28. The third kappa shape index (κ3) is 2.98. The maximum atomic E-state index is 10.6. The van der Waals surface area contributed by atoms with Crippen molar-refractivity contribution in [3.05, 3.63) is 34.4 Å². The highest BCUT2D eigenvalue weighted by Gasteiger charge is 2.25. The summed E-state index contributed by atoms with van der Waals surface area (Å²) in [5, 5.41) is 20.6. The van der Waals surface area contributed by atoms with E-state index < -0.39 is 10.5 Å². The SMILES string of the molecule is CC1(O)CCCN(c2ccc([N+](=O)[O-])cc2)CC1. The van der Waals surface area contributed by atoms with Crippen molar-refractivity contribution in [2.75, 3.05) is 18.0 Å². The third-order valence-corrected chi connectivity index (χ3v) is 3.49. The average Bonchev–Trinajstić information content (AvgIpc) is 2.50. The Balaban J connectivity index is 2.09. The first-order valence-electron chi connectivity index (χ1n) is 6.20. The second-order valence-corrected chi connectivity index (χ2v) is 5.11. The van der Waals surface area contributed by atoms with E-state index in [0.29, 0.717) is 0 Å². The van der Waals surface area contributed by atoms with Crippen LogP contribution in [0.1, 0.15) is 26.2 Å². The molecule has 1 aromatic rings. The summed E-state index contributed by atoms with van der Waals surface area (Å²) in [4.78, 5) is 12.4. The molecule has 0 aliphatic carbocycles. The summed E-state index contributed by atoms with van der Waals surface area (Å²) in [6.07, 6.45) is 2.46. The van der Waals surface area contributed by atoms with E-state index in [-0.39, 0.29) is 5.69 Å². The van der Waals surface area contributed by atoms with Gasteiger partial charge in [0, 0.05) is 30.9 Å². The summed E-state index contributed by atoms with van der Waals surface area (Å²) >= 11 is 0. The van der Waals surface area contributed by atoms with Gasteiger partial charge in [-0.15, -0.1) is 0 Å². The summed E-state index contributed by atoms with van der Waals surface area (Å²) in [6.45, 7) is 3.53. The quantitative estimate of drug-likeness (QED) is 0.646. The van der Waals surface area contributed by atoms with E-state index in [0.717, 1.165) is 38.0 Å². The number of aliphatic hydroxyl groups is 1. The summed E-state index contributed by atoms with van der Waals surface area (Å²) in [6, 6.07) is 6.60. The Kier molecular flexibility index (Phi) is 3.52. The standard InChI is InChI=1S/C13H18N2O3/c1-13(16)7-2-9-14(10-8-13)11-3-5-12(6-4-11)15(17)18/h3-6,16H,2,7-10H2,1H3. The molecule has 2 rings (SSSR count). The summed E-state index contributed by atoms with van der Waals surface area (Å²) in [5.74, 6) is 0. The number of hydrogen-bond donors (Lipinski definition) is 1. The molecule has 5 nitrogen and oxygen atoms in total. The zero-order chi connectivity index (χ0) is 13.2. The fraction of sp³-hybridized carbons (Fsp3) is 0.538. The van der Waals surface area contributed by atoms with Gasteiger partial charge in [-0.05, 0) is 38.3 Å². The molecule has 98 valence electrons. The molecule has 1 saturated heterocycles. The Morgan fingerprint density at radius 1 is 1.28 bits per heavy atom. The number of anilines is 1. The molecule has 1 heterocycles. The molecule has 0 spiro atoms. The van der Waals surface area contributed by atoms with Gasteiger partial charge in [-0.25, -0.2) is 0 Å². The second kappa shape index (κ2) is 4.94. The molecule has 1 aromatic carbocycles. The number of non-ortho nitro benzene ring substituents is 1. The van der Waals surface area contributed by atoms with Gasteiger partial charge in [0.2, 0.25) is 0 Å². The molecular formula is C13H18N2O3. The molecule has 0 amide bonds. The van der Waals surface area contributed by atoms with Gasteiger partial charge in [-0.1, -0.05) is 0 Å². The first kappa shape index (κ1) is 12.8. The number of benzene rings is 1. The average molecular weight is 250 g/mol. The van der Waals surface area contributed by atoms with Crippen LogP contribution < -0.4 is 4.90 Å². The first-order valence-corrected chi connectivity index (χ1v) is 6.20. The fourth-order valence-corrected chi connectivity index (χ4v) is 2.31. The Labute approximate surface area is 106 Å². The van der Waals surface area contributed by atoms with E-state index >= 15 is 0 Å². The van der Waals surface area contributed by atoms with Crippen molar-refractivity contribution < 1.29 is 10.0 Å². The van der Waals surface area contributed by atoms with Crippen LogP contribution in [0.25, 0.3) is 0 Å². The zero-order valence-corrected chi connectivity index (χ0v) is 10.5. The van der Waals surface area contributed by atoms with Crippen molar-refractivity contribution in [2.45, 2.75) is 31.8 Å². The largest absolute Gasteiger partial charge is 0.390 e. The van der Waals surface area contributed by atoms with Gasteiger partial charge in [0.05, 0.1) is 10.5 Å². The highest BCUT2D eigenvalue weighted by molar-refractivity contribution is 5.51. The Bertz CT molecular complexity index is 428. The minimum absolute atomic E-state index is 0.112. The van der Waals surface area contributed by atoms with Gasteiger partial charge in [0.25, 0.3) is 5.69 Å². The summed E-state index contributed by atoms with van der Waals surface area (Å²) in [7, 11) is 0. The second-order valence-electron chi connectivity index (χ2n) is 5.11. The van der Waals surface area contributed by atoms with Crippen LogP contribution in [0.3, 0.4) is 0 Å². The minimum Gasteiger partial charge on any atom is -0.390 e. The lowest BCUT2D eigenvalue weighted by molar-refractivity contribution is -0.384. The molecule has 0 aromatic heterocycles. The van der Waals surface area contributed by atoms with Crippen molar-refractivity contribution in [2.24, 2.45) is 0 Å². The van der Waals surface area contributed by atoms with Crippen LogP contribution >= 0.6 is 0 Å². The third-order valence-electron chi connectivity index (χ3n) is 3.49. The molecule has 18 heavy (non-hydrogen) atoms. The van der Waals surface area contributed by atoms with Gasteiger partial charge in [-0.2, -0.15) is 0 Å². The molecule has 0 radical (unpaired) electrons. The van der Waals surface area contributed by atoms with Crippen molar-refractivity contribution in [3.63, 3.8) is 0 Å². The van der Waals surface area contributed by atoms with Gasteiger partial charge in [0.15, 0.2) is 0 Å². The van der Waals surface area contributed by atoms with E-state index in [2.05, 4.69) is 4.90 Å². The monoisotopic (exact) mass is 250 g/mol. The molecule has 1 unspecified atom stereocenters. The Morgan fingerprint density at radius 3 is 2.56 bits per heavy atom. The molecule has 1 aliphatic heterocycles. The van der Waals surface area contributed by atoms with Crippen LogP contribution in [0.5, 0.6) is 0 Å². The predicted molar refractivity (Wildman–Crippen MR) is 69.8 cm³/mol. The first-order chi connectivity index (χ1) is 8.48. The molecule has 0 saturated carbocycles.